The fourth-order valence-electron chi connectivity index (χ4n) is 1.90. The third-order valence-electron chi connectivity index (χ3n) is 2.57. The van der Waals surface area contributed by atoms with Gasteiger partial charge in [0.25, 0.3) is 0 Å². The number of likely N-dealkylation sites (tertiary alicyclic amines) is 1. The molecule has 0 aromatic heterocycles. The highest BCUT2D eigenvalue weighted by molar-refractivity contribution is 5.68. The van der Waals surface area contributed by atoms with Crippen LogP contribution in [-0.2, 0) is 9.57 Å². The summed E-state index contributed by atoms with van der Waals surface area (Å²) < 4.78 is 5.35. The second-order valence-electron chi connectivity index (χ2n) is 5.13. The summed E-state index contributed by atoms with van der Waals surface area (Å²) in [5, 5.41) is 0. The maximum Gasteiger partial charge on any atom is 0.410 e. The molecule has 1 heterocycles. The number of amides is 1. The number of hydrogen-bond acceptors (Lipinski definition) is 4. The van der Waals surface area contributed by atoms with Crippen molar-refractivity contribution in [1.29, 1.82) is 0 Å². The number of ether oxygens (including phenoxy) is 1. The van der Waals surface area contributed by atoms with E-state index in [1.165, 1.54) is 0 Å². The van der Waals surface area contributed by atoms with Crippen molar-refractivity contribution in [3.8, 4) is 0 Å². The Kier molecular flexibility index (Phi) is 4.56. The normalized spacial score (nSPS) is 21.2. The lowest BCUT2D eigenvalue weighted by Gasteiger charge is -2.28. The minimum Gasteiger partial charge on any atom is -0.444 e. The van der Waals surface area contributed by atoms with E-state index in [0.717, 1.165) is 25.8 Å². The highest BCUT2D eigenvalue weighted by atomic mass is 16.6. The second-order valence-corrected chi connectivity index (χ2v) is 5.13. The van der Waals surface area contributed by atoms with Gasteiger partial charge in [-0.1, -0.05) is 0 Å². The molecule has 1 atom stereocenters. The van der Waals surface area contributed by atoms with Crippen molar-refractivity contribution in [3.05, 3.63) is 0 Å². The van der Waals surface area contributed by atoms with Crippen molar-refractivity contribution in [2.45, 2.75) is 51.7 Å². The maximum absolute atomic E-state index is 11.9. The molecule has 0 aromatic carbocycles. The molecule has 16 heavy (non-hydrogen) atoms. The van der Waals surface area contributed by atoms with Gasteiger partial charge >= 0.3 is 6.09 Å². The Balaban J connectivity index is 2.47. The van der Waals surface area contributed by atoms with Crippen molar-refractivity contribution in [3.63, 3.8) is 0 Å². The first kappa shape index (κ1) is 13.3. The molecule has 1 aliphatic heterocycles. The first-order valence-electron chi connectivity index (χ1n) is 5.75. The predicted octanol–water partition coefficient (Wildman–Crippen LogP) is 1.67. The molecule has 5 heteroatoms. The molecular formula is C11H22N2O3. The molecule has 1 unspecified atom stereocenters. The van der Waals surface area contributed by atoms with E-state index in [2.05, 4.69) is 4.84 Å². The molecule has 0 spiro atoms. The van der Waals surface area contributed by atoms with Gasteiger partial charge in [0.1, 0.15) is 5.60 Å². The summed E-state index contributed by atoms with van der Waals surface area (Å²) in [6.07, 6.45) is 2.57. The lowest BCUT2D eigenvalue weighted by molar-refractivity contribution is 0.0190. The van der Waals surface area contributed by atoms with E-state index in [-0.39, 0.29) is 12.1 Å². The molecule has 1 fully saturated rings. The quantitative estimate of drug-likeness (QED) is 0.749. The zero-order valence-electron chi connectivity index (χ0n) is 10.4. The van der Waals surface area contributed by atoms with Crippen LogP contribution >= 0.6 is 0 Å². The lowest BCUT2D eigenvalue weighted by atomic mass is 10.1. The van der Waals surface area contributed by atoms with E-state index in [1.807, 2.05) is 20.8 Å². The zero-order chi connectivity index (χ0) is 12.2. The lowest BCUT2D eigenvalue weighted by Crippen LogP contribution is -2.40. The third kappa shape index (κ3) is 3.98. The summed E-state index contributed by atoms with van der Waals surface area (Å²) in [5.74, 6) is 5.00. The molecule has 0 aromatic rings. The number of carbonyl (C=O) groups is 1. The van der Waals surface area contributed by atoms with Gasteiger partial charge in [0.15, 0.2) is 0 Å². The van der Waals surface area contributed by atoms with Gasteiger partial charge in [-0.15, -0.1) is 0 Å². The number of carbonyl (C=O) groups excluding carboxylic acids is 1. The van der Waals surface area contributed by atoms with Gasteiger partial charge in [-0.05, 0) is 40.0 Å². The molecule has 1 rings (SSSR count). The first-order valence-corrected chi connectivity index (χ1v) is 5.75. The van der Waals surface area contributed by atoms with Crippen molar-refractivity contribution in [1.82, 2.24) is 4.90 Å². The van der Waals surface area contributed by atoms with Gasteiger partial charge in [0, 0.05) is 12.6 Å². The SMILES string of the molecule is CC(C)(C)OC(=O)N1CCCC1CCON. The molecule has 1 saturated heterocycles. The molecule has 0 aliphatic carbocycles. The topological polar surface area (TPSA) is 64.8 Å². The van der Waals surface area contributed by atoms with E-state index in [9.17, 15) is 4.79 Å². The van der Waals surface area contributed by atoms with Crippen molar-refractivity contribution in [2.24, 2.45) is 5.90 Å². The van der Waals surface area contributed by atoms with Crippen LogP contribution in [0.5, 0.6) is 0 Å². The van der Waals surface area contributed by atoms with Crippen molar-refractivity contribution < 1.29 is 14.4 Å². The minimum atomic E-state index is -0.436. The van der Waals surface area contributed by atoms with Gasteiger partial charge in [-0.2, -0.15) is 0 Å². The van der Waals surface area contributed by atoms with Crippen LogP contribution in [0.25, 0.3) is 0 Å². The fraction of sp³-hybridized carbons (Fsp3) is 0.909. The van der Waals surface area contributed by atoms with E-state index < -0.39 is 5.60 Å². The van der Waals surface area contributed by atoms with Crippen LogP contribution < -0.4 is 5.90 Å². The van der Waals surface area contributed by atoms with E-state index in [1.54, 1.807) is 4.90 Å². The van der Waals surface area contributed by atoms with Gasteiger partial charge in [-0.25, -0.2) is 10.7 Å². The largest absolute Gasteiger partial charge is 0.444 e. The standard InChI is InChI=1S/C11H22N2O3/c1-11(2,3)16-10(14)13-7-4-5-9(13)6-8-15-12/h9H,4-8,12H2,1-3H3. The highest BCUT2D eigenvalue weighted by Crippen LogP contribution is 2.22. The molecule has 1 amide bonds. The van der Waals surface area contributed by atoms with Gasteiger partial charge in [0.2, 0.25) is 0 Å². The Morgan fingerprint density at radius 1 is 1.50 bits per heavy atom. The summed E-state index contributed by atoms with van der Waals surface area (Å²) in [7, 11) is 0. The van der Waals surface area contributed by atoms with Crippen molar-refractivity contribution in [2.75, 3.05) is 13.2 Å². The molecule has 0 saturated carbocycles. The van der Waals surface area contributed by atoms with Crippen LogP contribution in [0, 0.1) is 0 Å². The minimum absolute atomic E-state index is 0.207. The summed E-state index contributed by atoms with van der Waals surface area (Å²) >= 11 is 0. The Morgan fingerprint density at radius 2 is 2.19 bits per heavy atom. The fourth-order valence-corrected chi connectivity index (χ4v) is 1.90. The average Bonchev–Trinajstić information content (AvgIpc) is 2.59. The van der Waals surface area contributed by atoms with Crippen LogP contribution in [0.2, 0.25) is 0 Å². The monoisotopic (exact) mass is 230 g/mol. The van der Waals surface area contributed by atoms with E-state index in [4.69, 9.17) is 10.6 Å². The van der Waals surface area contributed by atoms with Crippen LogP contribution in [0.1, 0.15) is 40.0 Å². The van der Waals surface area contributed by atoms with E-state index >= 15 is 0 Å². The van der Waals surface area contributed by atoms with Crippen LogP contribution in [0.3, 0.4) is 0 Å². The molecular weight excluding hydrogens is 208 g/mol. The van der Waals surface area contributed by atoms with Crippen LogP contribution in [0.15, 0.2) is 0 Å². The maximum atomic E-state index is 11.9. The number of nitrogens with two attached hydrogens (primary N) is 1. The smallest absolute Gasteiger partial charge is 0.410 e. The number of rotatable bonds is 3. The second kappa shape index (κ2) is 5.50. The zero-order valence-corrected chi connectivity index (χ0v) is 10.4. The summed E-state index contributed by atoms with van der Waals surface area (Å²) in [6, 6.07) is 0.207. The summed E-state index contributed by atoms with van der Waals surface area (Å²) in [4.78, 5) is 18.2. The Bertz CT molecular complexity index is 238. The van der Waals surface area contributed by atoms with Gasteiger partial charge in [-0.3, -0.25) is 0 Å². The molecule has 5 nitrogen and oxygen atoms in total. The first-order chi connectivity index (χ1) is 7.44. The predicted molar refractivity (Wildman–Crippen MR) is 60.7 cm³/mol. The molecule has 94 valence electrons. The molecule has 0 radical (unpaired) electrons. The Labute approximate surface area is 96.8 Å². The highest BCUT2D eigenvalue weighted by Gasteiger charge is 2.31. The van der Waals surface area contributed by atoms with Crippen molar-refractivity contribution >= 4 is 6.09 Å². The summed E-state index contributed by atoms with van der Waals surface area (Å²) in [6.45, 7) is 6.87. The van der Waals surface area contributed by atoms with Crippen LogP contribution in [0.4, 0.5) is 4.79 Å². The Morgan fingerprint density at radius 3 is 2.75 bits per heavy atom. The summed E-state index contributed by atoms with van der Waals surface area (Å²) in [5.41, 5.74) is -0.436. The molecule has 0 bridgehead atoms. The van der Waals surface area contributed by atoms with E-state index in [0.29, 0.717) is 6.61 Å². The molecule has 1 aliphatic rings. The number of hydrogen-bond donors (Lipinski definition) is 1. The average molecular weight is 230 g/mol. The van der Waals surface area contributed by atoms with Crippen LogP contribution in [-0.4, -0.2) is 35.8 Å². The molecule has 2 N–H and O–H groups in total. The van der Waals surface area contributed by atoms with Gasteiger partial charge < -0.3 is 14.5 Å². The third-order valence-corrected chi connectivity index (χ3v) is 2.57. The Hall–Kier alpha value is -0.810. The number of nitrogens with zero attached hydrogens (tertiary/aromatic N) is 1. The van der Waals surface area contributed by atoms with Gasteiger partial charge in [0.05, 0.1) is 6.61 Å².